The maximum Gasteiger partial charge on any atom is 0.251 e. The van der Waals surface area contributed by atoms with E-state index in [-0.39, 0.29) is 76.7 Å². The second-order valence-corrected chi connectivity index (χ2v) is 24.7. The Bertz CT molecular complexity index is 2370. The first-order valence-corrected chi connectivity index (χ1v) is 32.9. The molecular formula is C65H102Cl3FN12O6. The van der Waals surface area contributed by atoms with Crippen molar-refractivity contribution >= 4 is 70.2 Å². The third-order valence-corrected chi connectivity index (χ3v) is 18.3. The van der Waals surface area contributed by atoms with E-state index in [2.05, 4.69) is 73.4 Å². The highest BCUT2D eigenvalue weighted by Crippen LogP contribution is 2.22. The Kier molecular flexibility index (Phi) is 33.6. The molecule has 0 unspecified atom stereocenters. The van der Waals surface area contributed by atoms with Crippen molar-refractivity contribution in [1.29, 1.82) is 0 Å². The van der Waals surface area contributed by atoms with Crippen LogP contribution in [0.3, 0.4) is 0 Å². The summed E-state index contributed by atoms with van der Waals surface area (Å²) in [6, 6.07) is 13.5. The van der Waals surface area contributed by atoms with E-state index in [1.54, 1.807) is 30.3 Å². The van der Waals surface area contributed by atoms with Crippen LogP contribution in [0.25, 0.3) is 0 Å². The number of nitrogens with one attached hydrogen (secondary N) is 6. The summed E-state index contributed by atoms with van der Waals surface area (Å²) in [5.74, 6) is 0.675. The van der Waals surface area contributed by atoms with Crippen LogP contribution in [-0.2, 0) is 14.4 Å². The molecule has 0 radical (unpaired) electrons. The van der Waals surface area contributed by atoms with Crippen LogP contribution in [0.5, 0.6) is 0 Å². The largest absolute Gasteiger partial charge is 0.350 e. The summed E-state index contributed by atoms with van der Waals surface area (Å²) in [7, 11) is 0. The van der Waals surface area contributed by atoms with E-state index >= 15 is 0 Å². The molecule has 3 aliphatic rings. The van der Waals surface area contributed by atoms with Crippen molar-refractivity contribution in [2.45, 2.75) is 169 Å². The van der Waals surface area contributed by atoms with Gasteiger partial charge in [0.1, 0.15) is 5.82 Å². The zero-order chi connectivity index (χ0) is 64.2. The first-order valence-electron chi connectivity index (χ1n) is 31.7. The average molecular weight is 1270 g/mol. The molecule has 3 fully saturated rings. The molecule has 87 heavy (non-hydrogen) atoms. The van der Waals surface area contributed by atoms with E-state index in [0.29, 0.717) is 123 Å². The van der Waals surface area contributed by atoms with Crippen molar-refractivity contribution in [1.82, 2.24) is 46.6 Å². The highest BCUT2D eigenvalue weighted by molar-refractivity contribution is 6.32. The molecule has 0 spiro atoms. The van der Waals surface area contributed by atoms with Gasteiger partial charge in [0.2, 0.25) is 17.7 Å². The lowest BCUT2D eigenvalue weighted by atomic mass is 10.0. The smallest absolute Gasteiger partial charge is 0.251 e. The topological polar surface area (TPSA) is 262 Å². The molecule has 3 aromatic rings. The summed E-state index contributed by atoms with van der Waals surface area (Å²) in [5, 5.41) is 20.2. The van der Waals surface area contributed by atoms with E-state index in [0.717, 1.165) is 88.5 Å². The van der Waals surface area contributed by atoms with Crippen LogP contribution in [-0.4, -0.2) is 165 Å². The Morgan fingerprint density at radius 2 is 0.816 bits per heavy atom. The van der Waals surface area contributed by atoms with Gasteiger partial charge in [0, 0.05) is 104 Å². The van der Waals surface area contributed by atoms with Crippen LogP contribution >= 0.6 is 34.8 Å². The number of nitrogens with two attached hydrogens (primary N) is 3. The van der Waals surface area contributed by atoms with Crippen LogP contribution in [0.1, 0.15) is 161 Å². The van der Waals surface area contributed by atoms with Gasteiger partial charge in [-0.25, -0.2) is 4.39 Å². The molecule has 6 atom stereocenters. The Morgan fingerprint density at radius 3 is 1.13 bits per heavy atom. The SMILES string of the molecule is CCC(CC)CN1CC[C@@H](CNC(=O)c2ccc(C)c(Cl)c2)N[C@@H](CCN)C1=O.CCC(CC)CN1CC[C@@H](CNC(=O)c2ccc(Cl)c(C)c2)N[C@@H](CCN)C1=O.CCC(CC)CN1CC[C@@H](CNC(=O)c2ccc(F)c(Cl)c2)N[C@@H](CCN)C1=O. The summed E-state index contributed by atoms with van der Waals surface area (Å²) >= 11 is 17.9. The van der Waals surface area contributed by atoms with Crippen molar-refractivity contribution in [3.8, 4) is 0 Å². The molecule has 486 valence electrons. The summed E-state index contributed by atoms with van der Waals surface area (Å²) in [4.78, 5) is 82.2. The molecule has 3 heterocycles. The number of amides is 6. The number of benzene rings is 3. The predicted octanol–water partition coefficient (Wildman–Crippen LogP) is 8.00. The average Bonchev–Trinajstić information content (AvgIpc) is 3.95. The fourth-order valence-corrected chi connectivity index (χ4v) is 11.6. The molecule has 0 saturated carbocycles. The van der Waals surface area contributed by atoms with Gasteiger partial charge < -0.3 is 63.8 Å². The normalized spacial score (nSPS) is 20.1. The number of rotatable bonds is 27. The minimum atomic E-state index is -0.561. The third-order valence-electron chi connectivity index (χ3n) is 17.2. The van der Waals surface area contributed by atoms with Gasteiger partial charge in [0.15, 0.2) is 0 Å². The monoisotopic (exact) mass is 1270 g/mol. The Balaban J connectivity index is 0.000000279. The molecule has 3 aliphatic heterocycles. The van der Waals surface area contributed by atoms with Crippen LogP contribution in [0, 0.1) is 37.4 Å². The molecule has 0 aromatic heterocycles. The van der Waals surface area contributed by atoms with Gasteiger partial charge in [0.25, 0.3) is 17.7 Å². The Morgan fingerprint density at radius 1 is 0.494 bits per heavy atom. The van der Waals surface area contributed by atoms with Crippen LogP contribution < -0.4 is 49.1 Å². The van der Waals surface area contributed by atoms with E-state index in [9.17, 15) is 33.2 Å². The van der Waals surface area contributed by atoms with Crippen LogP contribution in [0.2, 0.25) is 15.1 Å². The molecule has 0 aliphatic carbocycles. The van der Waals surface area contributed by atoms with Gasteiger partial charge in [-0.2, -0.15) is 0 Å². The van der Waals surface area contributed by atoms with Gasteiger partial charge in [-0.15, -0.1) is 0 Å². The van der Waals surface area contributed by atoms with E-state index in [1.165, 1.54) is 18.2 Å². The lowest BCUT2D eigenvalue weighted by molar-refractivity contribution is -0.134. The molecule has 18 nitrogen and oxygen atoms in total. The number of halogens is 4. The summed E-state index contributed by atoms with van der Waals surface area (Å²) in [5.41, 5.74) is 20.5. The second-order valence-electron chi connectivity index (χ2n) is 23.4. The zero-order valence-electron chi connectivity index (χ0n) is 52.9. The van der Waals surface area contributed by atoms with E-state index in [4.69, 9.17) is 52.0 Å². The first-order chi connectivity index (χ1) is 41.7. The minimum Gasteiger partial charge on any atom is -0.350 e. The number of aryl methyl sites for hydroxylation is 2. The van der Waals surface area contributed by atoms with E-state index < -0.39 is 5.82 Å². The van der Waals surface area contributed by atoms with Crippen molar-refractivity contribution in [3.63, 3.8) is 0 Å². The molecular weight excluding hydrogens is 1170 g/mol. The standard InChI is InChI=1S/2C22H35ClN4O2.C21H32ClFN4O2/c1-4-16(5-2)14-27-11-9-18(26-20(8-10-24)22(27)29)13-25-21(28)17-6-7-19(23)15(3)12-17;1-4-16(5-2)14-27-11-9-18(26-20(8-10-24)22(27)29)13-25-21(28)17-7-6-15(3)19(23)12-17;1-3-14(4-2)13-27-10-8-16(26-19(7-9-24)21(27)29)12-25-20(28)15-5-6-18(23)17(22)11-15/h2*6-7,12,16,18,20,26H,4-5,8-11,13-14,24H2,1-3H3,(H,25,28);5-6,11,14,16,19,26H,3-4,7-10,12-13,24H2,1-2H3,(H,25,28)/t2*18-,20-;16-,19-/m000/s1. The van der Waals surface area contributed by atoms with Gasteiger partial charge in [-0.05, 0) is 149 Å². The van der Waals surface area contributed by atoms with Crippen molar-refractivity contribution in [2.24, 2.45) is 35.0 Å². The molecule has 6 rings (SSSR count). The number of carbonyl (C=O) groups is 6. The predicted molar refractivity (Wildman–Crippen MR) is 350 cm³/mol. The fraction of sp³-hybridized carbons (Fsp3) is 0.631. The quantitative estimate of drug-likeness (QED) is 0.0352. The lowest BCUT2D eigenvalue weighted by Gasteiger charge is -2.27. The fourth-order valence-electron chi connectivity index (χ4n) is 11.1. The Labute approximate surface area is 532 Å². The molecule has 3 saturated heterocycles. The molecule has 12 N–H and O–H groups in total. The molecule has 0 bridgehead atoms. The van der Waals surface area contributed by atoms with E-state index in [1.807, 2.05) is 34.6 Å². The summed E-state index contributed by atoms with van der Waals surface area (Å²) in [6.07, 6.45) is 10.4. The Hall–Kier alpha value is -4.96. The third kappa shape index (κ3) is 24.1. The van der Waals surface area contributed by atoms with Crippen molar-refractivity contribution < 1.29 is 33.2 Å². The number of carbonyl (C=O) groups excluding carboxylic acids is 6. The van der Waals surface area contributed by atoms with Crippen molar-refractivity contribution in [2.75, 3.05) is 78.5 Å². The highest BCUT2D eigenvalue weighted by atomic mass is 35.5. The molecule has 6 amide bonds. The van der Waals surface area contributed by atoms with Gasteiger partial charge in [0.05, 0.1) is 23.1 Å². The number of nitrogens with zero attached hydrogens (tertiary/aromatic N) is 3. The minimum absolute atomic E-state index is 0.0204. The number of hydrogen-bond acceptors (Lipinski definition) is 12. The zero-order valence-corrected chi connectivity index (χ0v) is 55.2. The van der Waals surface area contributed by atoms with Crippen molar-refractivity contribution in [3.05, 3.63) is 103 Å². The maximum atomic E-state index is 13.3. The van der Waals surface area contributed by atoms with Crippen LogP contribution in [0.4, 0.5) is 4.39 Å². The van der Waals surface area contributed by atoms with Gasteiger partial charge in [-0.1, -0.05) is 121 Å². The summed E-state index contributed by atoms with van der Waals surface area (Å²) in [6.45, 7) is 23.7. The van der Waals surface area contributed by atoms with Gasteiger partial charge >= 0.3 is 0 Å². The molecule has 22 heteroatoms. The van der Waals surface area contributed by atoms with Crippen LogP contribution in [0.15, 0.2) is 54.6 Å². The number of hydrogen-bond donors (Lipinski definition) is 9. The second kappa shape index (κ2) is 39.2. The highest BCUT2D eigenvalue weighted by Gasteiger charge is 2.34. The lowest BCUT2D eigenvalue weighted by Crippen LogP contribution is -2.50. The molecule has 3 aromatic carbocycles. The van der Waals surface area contributed by atoms with Gasteiger partial charge in [-0.3, -0.25) is 28.8 Å². The maximum absolute atomic E-state index is 13.3. The first kappa shape index (κ1) is 74.5. The summed E-state index contributed by atoms with van der Waals surface area (Å²) < 4.78 is 13.3.